The zero-order valence-electron chi connectivity index (χ0n) is 45.4. The number of rotatable bonds is 20. The molecule has 0 unspecified atom stereocenters. The lowest BCUT2D eigenvalue weighted by Crippen LogP contribution is -2.65. The van der Waals surface area contributed by atoms with Crippen LogP contribution in [0.1, 0.15) is 123 Å². The van der Waals surface area contributed by atoms with Crippen LogP contribution in [0.25, 0.3) is 37.9 Å². The molecule has 5 amide bonds. The van der Waals surface area contributed by atoms with E-state index in [9.17, 15) is 28.8 Å². The Kier molecular flexibility index (Phi) is 16.4. The third-order valence-electron chi connectivity index (χ3n) is 15.2. The second-order valence-electron chi connectivity index (χ2n) is 21.0. The predicted molar refractivity (Wildman–Crippen MR) is 302 cm³/mol. The van der Waals surface area contributed by atoms with E-state index in [1.54, 1.807) is 53.0 Å². The third-order valence-corrected chi connectivity index (χ3v) is 16.7. The number of esters is 1. The van der Waals surface area contributed by atoms with Crippen LogP contribution in [0.15, 0.2) is 65.8 Å². The number of hydrogen-bond donors (Lipinski definition) is 4. The number of amides is 5. The second-order valence-corrected chi connectivity index (χ2v) is 22.7. The van der Waals surface area contributed by atoms with Crippen molar-refractivity contribution in [2.24, 2.45) is 4.99 Å². The molecule has 4 N–H and O–H groups in total. The maximum Gasteiger partial charge on any atom is 0.340 e. The smallest absolute Gasteiger partial charge is 0.340 e. The lowest BCUT2D eigenvalue weighted by atomic mass is 9.88. The van der Waals surface area contributed by atoms with Crippen molar-refractivity contribution in [2.75, 3.05) is 39.3 Å². The van der Waals surface area contributed by atoms with Crippen molar-refractivity contribution in [2.45, 2.75) is 117 Å². The molecular formula is C57H64ClFN13O7S+. The molecule has 1 atom stereocenters. The second kappa shape index (κ2) is 23.6. The van der Waals surface area contributed by atoms with Gasteiger partial charge in [0.25, 0.3) is 0 Å². The van der Waals surface area contributed by atoms with E-state index in [0.29, 0.717) is 82.9 Å². The standard InChI is InChI=1S/C57H63ClFN13O7S/c1-32(2)79-51(78)30-63-48(75)29-62-49(76)31-69-44-12-10-11-40-41-26-45-38(25-42(41)59)28-64-71(45)72(23-19-37(20-24-72)55(68-69)53(40)44)50(77)18-17-46(73)60-21-8-6-7-9-22-61-47(74)27-43-56-67-66-35(5)70(56)57-52(33(3)34(4)80-57)54(65-43)36-13-15-39(58)16-14-36/h10-16,25-26,28,32,37,43H,6-9,17-24,27,29-31H2,1-5H3,(H3-,60,61,62,63,73,74,75,76)/p+1/t37?,43-,72?/m0/s1. The van der Waals surface area contributed by atoms with E-state index in [2.05, 4.69) is 45.3 Å². The van der Waals surface area contributed by atoms with Gasteiger partial charge in [0, 0.05) is 75.6 Å². The van der Waals surface area contributed by atoms with Gasteiger partial charge < -0.3 is 26.0 Å². The van der Waals surface area contributed by atoms with Crippen molar-refractivity contribution in [1.29, 1.82) is 0 Å². The van der Waals surface area contributed by atoms with Crippen LogP contribution in [0, 0.1) is 26.6 Å². The Balaban J connectivity index is 0.720. The normalized spacial score (nSPS) is 17.1. The Labute approximate surface area is 470 Å². The van der Waals surface area contributed by atoms with E-state index in [4.69, 9.17) is 31.5 Å². The highest BCUT2D eigenvalue weighted by Gasteiger charge is 2.46. The van der Waals surface area contributed by atoms with Crippen LogP contribution in [-0.2, 0) is 40.0 Å². The van der Waals surface area contributed by atoms with Crippen molar-refractivity contribution in [3.63, 3.8) is 0 Å². The van der Waals surface area contributed by atoms with Crippen molar-refractivity contribution in [3.05, 3.63) is 111 Å². The number of fused-ring (bicyclic) bond motifs is 5. The molecule has 1 fully saturated rings. The van der Waals surface area contributed by atoms with Gasteiger partial charge in [-0.15, -0.1) is 31.2 Å². The quantitative estimate of drug-likeness (QED) is 0.0344. The lowest BCUT2D eigenvalue weighted by molar-refractivity contribution is -0.147. The number of aliphatic imine (C=N–C) groups is 1. The maximum atomic E-state index is 16.3. The van der Waals surface area contributed by atoms with Crippen LogP contribution >= 0.6 is 22.9 Å². The number of hydrogen-bond acceptors (Lipinski definition) is 13. The number of nitrogens with one attached hydrogen (secondary N) is 4. The molecule has 0 spiro atoms. The van der Waals surface area contributed by atoms with Gasteiger partial charge in [-0.1, -0.05) is 53.5 Å². The maximum absolute atomic E-state index is 16.3. The van der Waals surface area contributed by atoms with Crippen LogP contribution in [0.4, 0.5) is 4.39 Å². The number of thiophene rings is 1. The van der Waals surface area contributed by atoms with Gasteiger partial charge in [-0.2, -0.15) is 5.10 Å². The predicted octanol–water partition coefficient (Wildman–Crippen LogP) is 7.01. The van der Waals surface area contributed by atoms with Crippen LogP contribution < -0.4 is 25.9 Å². The minimum Gasteiger partial charge on any atom is -0.462 e. The fourth-order valence-corrected chi connectivity index (χ4v) is 12.5. The SMILES string of the molecule is Cc1sc2c(c1C)C(c1ccc(Cl)cc1)=N[C@@H](CC(=O)NCCCCCCNC(=O)CCC(=O)[N+]13CCC(CC1)c1nn(CC(=O)NCC(=O)NCC(=O)OC(C)C)c4cccc(c14)-c1cc4c(cnn43)cc1F)c1nnc(C)n1-2. The molecule has 80 heavy (non-hydrogen) atoms. The molecule has 7 aromatic rings. The molecule has 20 nitrogen and oxygen atoms in total. The molecule has 3 aromatic carbocycles. The van der Waals surface area contributed by atoms with Gasteiger partial charge in [0.1, 0.15) is 54.4 Å². The van der Waals surface area contributed by atoms with Gasteiger partial charge in [0.2, 0.25) is 23.6 Å². The number of benzene rings is 3. The molecule has 4 aliphatic rings. The molecule has 4 aromatic heterocycles. The number of halogens is 2. The summed E-state index contributed by atoms with van der Waals surface area (Å²) in [5, 5.41) is 32.5. The molecule has 4 aliphatic heterocycles. The van der Waals surface area contributed by atoms with E-state index in [1.807, 2.05) is 47.9 Å². The number of piperidine rings is 1. The third kappa shape index (κ3) is 11.4. The molecule has 8 heterocycles. The zero-order chi connectivity index (χ0) is 56.4. The molecular weight excluding hydrogens is 1070 g/mol. The minimum atomic E-state index is -0.593. The molecule has 4 bridgehead atoms. The summed E-state index contributed by atoms with van der Waals surface area (Å²) in [5.41, 5.74) is 6.52. The highest BCUT2D eigenvalue weighted by molar-refractivity contribution is 7.15. The number of carbonyl (C=O) groups is 6. The Morgan fingerprint density at radius 1 is 0.825 bits per heavy atom. The van der Waals surface area contributed by atoms with Gasteiger partial charge in [-0.25, -0.2) is 9.18 Å². The molecule has 0 radical (unpaired) electrons. The summed E-state index contributed by atoms with van der Waals surface area (Å²) in [6.45, 7) is 10.1. The average Bonchev–Trinajstić information content (AvgIpc) is 4.19. The first-order valence-corrected chi connectivity index (χ1v) is 28.4. The summed E-state index contributed by atoms with van der Waals surface area (Å²) in [6.07, 6.45) is 5.41. The number of ether oxygens (including phenoxy) is 1. The molecule has 23 heteroatoms. The first-order chi connectivity index (χ1) is 38.5. The molecule has 0 aliphatic carbocycles. The number of aryl methyl sites for hydroxylation is 2. The summed E-state index contributed by atoms with van der Waals surface area (Å²) < 4.78 is 24.7. The van der Waals surface area contributed by atoms with Crippen molar-refractivity contribution >= 4 is 86.0 Å². The summed E-state index contributed by atoms with van der Waals surface area (Å²) in [4.78, 5) is 87.0. The number of aromatic nitrogens is 7. The Bertz CT molecular complexity index is 3590. The number of quaternary nitrogens is 1. The molecule has 0 saturated carbocycles. The van der Waals surface area contributed by atoms with Crippen LogP contribution in [0.3, 0.4) is 0 Å². The fraction of sp³-hybridized carbons (Fsp3) is 0.421. The average molecular weight is 1130 g/mol. The van der Waals surface area contributed by atoms with Gasteiger partial charge in [-0.3, -0.25) is 38.2 Å². The van der Waals surface area contributed by atoms with Crippen molar-refractivity contribution < 1.29 is 37.9 Å². The van der Waals surface area contributed by atoms with Gasteiger partial charge in [-0.05, 0) is 88.9 Å². The Hall–Kier alpha value is -7.69. The fourth-order valence-electron chi connectivity index (χ4n) is 11.1. The number of unbranched alkanes of at least 4 members (excludes halogenated alkanes) is 3. The molecule has 11 rings (SSSR count). The first kappa shape index (κ1) is 55.6. The summed E-state index contributed by atoms with van der Waals surface area (Å²) in [6, 6.07) is 15.6. The lowest BCUT2D eigenvalue weighted by Gasteiger charge is -2.39. The van der Waals surface area contributed by atoms with E-state index in [0.717, 1.165) is 63.8 Å². The Morgan fingerprint density at radius 3 is 2.29 bits per heavy atom. The van der Waals surface area contributed by atoms with Crippen LogP contribution in [-0.4, -0.2) is 121 Å². The summed E-state index contributed by atoms with van der Waals surface area (Å²) in [7, 11) is 0. The molecule has 418 valence electrons. The minimum absolute atomic E-state index is 0.0200. The van der Waals surface area contributed by atoms with E-state index in [-0.39, 0.29) is 78.8 Å². The Morgan fingerprint density at radius 2 is 1.55 bits per heavy atom. The highest BCUT2D eigenvalue weighted by Crippen LogP contribution is 2.43. The van der Waals surface area contributed by atoms with Gasteiger partial charge in [0.05, 0.1) is 48.6 Å². The van der Waals surface area contributed by atoms with Gasteiger partial charge >= 0.3 is 11.9 Å². The van der Waals surface area contributed by atoms with Crippen LogP contribution in [0.2, 0.25) is 5.02 Å². The number of carbonyl (C=O) groups excluding carboxylic acids is 6. The van der Waals surface area contributed by atoms with Crippen molar-refractivity contribution in [3.8, 4) is 16.1 Å². The zero-order valence-corrected chi connectivity index (χ0v) is 46.9. The largest absolute Gasteiger partial charge is 0.462 e. The molecule has 1 saturated heterocycles. The summed E-state index contributed by atoms with van der Waals surface area (Å²) >= 11 is 7.92. The van der Waals surface area contributed by atoms with E-state index >= 15 is 4.39 Å². The first-order valence-electron chi connectivity index (χ1n) is 27.2. The van der Waals surface area contributed by atoms with E-state index in [1.165, 1.54) is 6.07 Å². The highest BCUT2D eigenvalue weighted by atomic mass is 35.5. The van der Waals surface area contributed by atoms with Gasteiger partial charge in [0.15, 0.2) is 5.82 Å². The summed E-state index contributed by atoms with van der Waals surface area (Å²) in [5.74, 6) is -1.53. The topological polar surface area (TPSA) is 238 Å². The monoisotopic (exact) mass is 1130 g/mol. The number of nitrogens with zero attached hydrogens (tertiary/aromatic N) is 9. The van der Waals surface area contributed by atoms with Crippen LogP contribution in [0.5, 0.6) is 0 Å². The van der Waals surface area contributed by atoms with E-state index < -0.39 is 29.6 Å². The van der Waals surface area contributed by atoms with Crippen molar-refractivity contribution in [1.82, 2.24) is 60.3 Å².